The summed E-state index contributed by atoms with van der Waals surface area (Å²) < 4.78 is 7.88. The second kappa shape index (κ2) is 11.9. The molecule has 0 saturated carbocycles. The molecule has 0 aliphatic rings. The molecule has 0 spiro atoms. The second-order valence-electron chi connectivity index (χ2n) is 9.95. The maximum atomic E-state index is 11.2. The molecule has 4 aromatic rings. The molecule has 37 heavy (non-hydrogen) atoms. The molecular weight excluding hydrogens is 462 g/mol. The summed E-state index contributed by atoms with van der Waals surface area (Å²) in [6.45, 7) is 5.35. The molecule has 1 aromatic heterocycles. The van der Waals surface area contributed by atoms with Gasteiger partial charge in [0, 0.05) is 18.2 Å². The molecule has 192 valence electrons. The summed E-state index contributed by atoms with van der Waals surface area (Å²) in [6.07, 6.45) is 4.76. The van der Waals surface area contributed by atoms with Crippen LogP contribution in [0.4, 0.5) is 0 Å². The summed E-state index contributed by atoms with van der Waals surface area (Å²) in [7, 11) is 0. The number of nitrogens with two attached hydrogens (primary N) is 1. The molecule has 0 fully saturated rings. The normalized spacial score (nSPS) is 12.3. The van der Waals surface area contributed by atoms with Crippen LogP contribution in [0.2, 0.25) is 0 Å². The van der Waals surface area contributed by atoms with Crippen molar-refractivity contribution in [3.8, 4) is 5.75 Å². The van der Waals surface area contributed by atoms with Gasteiger partial charge in [-0.15, -0.1) is 0 Å². The maximum Gasteiger partial charge on any atom is 0.268 e. The van der Waals surface area contributed by atoms with Gasteiger partial charge in [-0.2, -0.15) is 0 Å². The molecule has 0 radical (unpaired) electrons. The van der Waals surface area contributed by atoms with E-state index in [9.17, 15) is 9.90 Å². The molecule has 4 rings (SSSR count). The molecule has 3 aromatic carbocycles. The van der Waals surface area contributed by atoms with Gasteiger partial charge < -0.3 is 20.1 Å². The number of benzene rings is 3. The Balaban J connectivity index is 1.29. The minimum atomic E-state index is -0.572. The Bertz CT molecular complexity index is 1300. The molecule has 3 N–H and O–H groups in total. The number of aliphatic hydroxyl groups excluding tert-OH is 1. The van der Waals surface area contributed by atoms with Crippen molar-refractivity contribution in [2.45, 2.75) is 57.8 Å². The van der Waals surface area contributed by atoms with E-state index in [0.29, 0.717) is 19.6 Å². The van der Waals surface area contributed by atoms with Crippen molar-refractivity contribution in [1.29, 1.82) is 0 Å². The van der Waals surface area contributed by atoms with Gasteiger partial charge >= 0.3 is 0 Å². The van der Waals surface area contributed by atoms with Gasteiger partial charge in [0.2, 0.25) is 0 Å². The van der Waals surface area contributed by atoms with Crippen LogP contribution in [0, 0.1) is 0 Å². The quantitative estimate of drug-likeness (QED) is 0.279. The first kappa shape index (κ1) is 26.2. The number of amides is 1. The Labute approximate surface area is 218 Å². The third kappa shape index (κ3) is 6.86. The number of ether oxygens (including phenoxy) is 1. The minimum Gasteiger partial charge on any atom is -0.489 e. The number of aliphatic hydroxyl groups is 1. The number of carbonyl (C=O) groups is 1. The average Bonchev–Trinajstić information content (AvgIpc) is 3.38. The largest absolute Gasteiger partial charge is 0.489 e. The average molecular weight is 498 g/mol. The molecule has 0 aliphatic heterocycles. The van der Waals surface area contributed by atoms with Gasteiger partial charge in [0.1, 0.15) is 18.1 Å². The fourth-order valence-corrected chi connectivity index (χ4v) is 4.50. The van der Waals surface area contributed by atoms with E-state index in [0.717, 1.165) is 29.7 Å². The predicted molar refractivity (Wildman–Crippen MR) is 145 cm³/mol. The van der Waals surface area contributed by atoms with E-state index >= 15 is 0 Å². The van der Waals surface area contributed by atoms with Crippen molar-refractivity contribution in [1.82, 2.24) is 9.55 Å². The Hall–Kier alpha value is -3.90. The molecule has 0 saturated heterocycles. The van der Waals surface area contributed by atoms with E-state index in [4.69, 9.17) is 10.5 Å². The van der Waals surface area contributed by atoms with Crippen LogP contribution >= 0.6 is 0 Å². The van der Waals surface area contributed by atoms with E-state index < -0.39 is 12.0 Å². The van der Waals surface area contributed by atoms with E-state index in [1.54, 1.807) is 10.8 Å². The minimum absolute atomic E-state index is 0.0696. The fourth-order valence-electron chi connectivity index (χ4n) is 4.50. The first-order valence-corrected chi connectivity index (χ1v) is 12.7. The second-order valence-corrected chi connectivity index (χ2v) is 9.95. The zero-order chi connectivity index (χ0) is 26.3. The summed E-state index contributed by atoms with van der Waals surface area (Å²) in [6, 6.07) is 27.3. The van der Waals surface area contributed by atoms with Gasteiger partial charge in [-0.25, -0.2) is 4.98 Å². The Morgan fingerprint density at radius 3 is 2.38 bits per heavy atom. The van der Waals surface area contributed by atoms with Crippen molar-refractivity contribution in [2.75, 3.05) is 0 Å². The van der Waals surface area contributed by atoms with Gasteiger partial charge in [0.25, 0.3) is 5.91 Å². The number of imidazole rings is 1. The Morgan fingerprint density at radius 2 is 1.68 bits per heavy atom. The lowest BCUT2D eigenvalue weighted by Gasteiger charge is -2.26. The van der Waals surface area contributed by atoms with Gasteiger partial charge in [-0.3, -0.25) is 4.79 Å². The summed E-state index contributed by atoms with van der Waals surface area (Å²) in [5, 5.41) is 10.4. The Kier molecular flexibility index (Phi) is 8.41. The van der Waals surface area contributed by atoms with Crippen molar-refractivity contribution in [2.24, 2.45) is 5.73 Å². The summed E-state index contributed by atoms with van der Waals surface area (Å²) >= 11 is 0. The van der Waals surface area contributed by atoms with Crippen molar-refractivity contribution < 1.29 is 14.6 Å². The van der Waals surface area contributed by atoms with Gasteiger partial charge in [-0.1, -0.05) is 86.6 Å². The molecule has 0 bridgehead atoms. The lowest BCUT2D eigenvalue weighted by molar-refractivity contribution is 0.0995. The van der Waals surface area contributed by atoms with Crippen LogP contribution in [0.5, 0.6) is 5.75 Å². The van der Waals surface area contributed by atoms with Gasteiger partial charge in [0.15, 0.2) is 0 Å². The molecular formula is C31H35N3O3. The van der Waals surface area contributed by atoms with Gasteiger partial charge in [0.05, 0.1) is 12.4 Å². The van der Waals surface area contributed by atoms with Crippen molar-refractivity contribution in [3.63, 3.8) is 0 Å². The van der Waals surface area contributed by atoms with E-state index in [2.05, 4.69) is 73.4 Å². The molecule has 0 aliphatic carbocycles. The number of carbonyl (C=O) groups excluding carboxylic acids is 1. The van der Waals surface area contributed by atoms with Crippen LogP contribution in [0.3, 0.4) is 0 Å². The number of hydrogen-bond donors (Lipinski definition) is 2. The number of primary amides is 1. The molecule has 6 nitrogen and oxygen atoms in total. The number of rotatable bonds is 12. The molecule has 1 heterocycles. The van der Waals surface area contributed by atoms with Crippen LogP contribution in [-0.2, 0) is 25.0 Å². The molecule has 1 amide bonds. The summed E-state index contributed by atoms with van der Waals surface area (Å²) in [5.41, 5.74) is 10.2. The number of para-hydroxylation sites is 1. The molecule has 1 atom stereocenters. The van der Waals surface area contributed by atoms with E-state index in [-0.39, 0.29) is 11.1 Å². The molecule has 6 heteroatoms. The highest BCUT2D eigenvalue weighted by molar-refractivity contribution is 5.90. The number of aryl methyl sites for hydroxylation is 1. The Morgan fingerprint density at radius 1 is 1.00 bits per heavy atom. The zero-order valence-corrected chi connectivity index (χ0v) is 21.5. The van der Waals surface area contributed by atoms with Crippen molar-refractivity contribution >= 4 is 5.91 Å². The van der Waals surface area contributed by atoms with Crippen LogP contribution in [-0.4, -0.2) is 26.7 Å². The fraction of sp³-hybridized carbons (Fsp3) is 0.290. The maximum absolute atomic E-state index is 11.2. The third-order valence-corrected chi connectivity index (χ3v) is 6.83. The molecule has 0 unspecified atom stereocenters. The first-order valence-electron chi connectivity index (χ1n) is 12.7. The first-order chi connectivity index (χ1) is 17.8. The van der Waals surface area contributed by atoms with Gasteiger partial charge in [-0.05, 0) is 47.6 Å². The van der Waals surface area contributed by atoms with Crippen LogP contribution < -0.4 is 10.5 Å². The highest BCUT2D eigenvalue weighted by atomic mass is 16.5. The van der Waals surface area contributed by atoms with Crippen LogP contribution in [0.15, 0.2) is 91.4 Å². The highest BCUT2D eigenvalue weighted by Crippen LogP contribution is 2.31. The SMILES string of the molecule is CC(C)(c1ccccc1)c1ccc(COc2ccccc2CCC[C@H](O)Cn2cnc(C(N)=O)c2)cc1. The number of aromatic nitrogens is 2. The number of nitrogens with zero attached hydrogens (tertiary/aromatic N) is 2. The lowest BCUT2D eigenvalue weighted by atomic mass is 9.78. The third-order valence-electron chi connectivity index (χ3n) is 6.83. The van der Waals surface area contributed by atoms with Crippen LogP contribution in [0.25, 0.3) is 0 Å². The predicted octanol–water partition coefficient (Wildman–Crippen LogP) is 5.27. The smallest absolute Gasteiger partial charge is 0.268 e. The van der Waals surface area contributed by atoms with E-state index in [1.165, 1.54) is 17.5 Å². The standard InChI is InChI=1S/C31H35N3O3/c1-31(2,25-11-4-3-5-12-25)26-17-15-23(16-18-26)21-37-29-14-7-6-9-24(29)10-8-13-27(35)19-34-20-28(30(32)36)33-22-34/h3-7,9,11-12,14-18,20,22,27,35H,8,10,13,19,21H2,1-2H3,(H2,32,36)/t27-/m0/s1. The van der Waals surface area contributed by atoms with E-state index in [1.807, 2.05) is 24.3 Å². The zero-order valence-electron chi connectivity index (χ0n) is 21.5. The van der Waals surface area contributed by atoms with Crippen LogP contribution in [0.1, 0.15) is 59.4 Å². The topological polar surface area (TPSA) is 90.4 Å². The number of hydrogen-bond acceptors (Lipinski definition) is 4. The highest BCUT2D eigenvalue weighted by Gasteiger charge is 2.22. The summed E-state index contributed by atoms with van der Waals surface area (Å²) in [5.74, 6) is 0.295. The monoisotopic (exact) mass is 497 g/mol. The van der Waals surface area contributed by atoms with Crippen molar-refractivity contribution in [3.05, 3.63) is 119 Å². The summed E-state index contributed by atoms with van der Waals surface area (Å²) in [4.78, 5) is 15.1. The lowest BCUT2D eigenvalue weighted by Crippen LogP contribution is -2.18.